The summed E-state index contributed by atoms with van der Waals surface area (Å²) < 4.78 is 5.71. The van der Waals surface area contributed by atoms with Crippen molar-refractivity contribution in [1.82, 2.24) is 0 Å². The number of ether oxygens (including phenoxy) is 1. The Balaban J connectivity index is 1.97. The number of rotatable bonds is 3. The van der Waals surface area contributed by atoms with Crippen molar-refractivity contribution in [2.75, 3.05) is 11.9 Å². The summed E-state index contributed by atoms with van der Waals surface area (Å²) in [7, 11) is 0. The summed E-state index contributed by atoms with van der Waals surface area (Å²) in [6.45, 7) is 2.78. The van der Waals surface area contributed by atoms with Gasteiger partial charge in [0.25, 0.3) is 0 Å². The molecule has 3 N–H and O–H groups in total. The number of hydrogen-bond donors (Lipinski definition) is 2. The molecule has 3 rings (SSSR count). The molecule has 0 spiro atoms. The Morgan fingerprint density at radius 2 is 2.05 bits per heavy atom. The van der Waals surface area contributed by atoms with Crippen LogP contribution in [0.2, 0.25) is 0 Å². The molecule has 0 fully saturated rings. The van der Waals surface area contributed by atoms with Crippen LogP contribution in [0.25, 0.3) is 0 Å². The van der Waals surface area contributed by atoms with Gasteiger partial charge in [-0.1, -0.05) is 42.5 Å². The predicted octanol–water partition coefficient (Wildman–Crippen LogP) is 3.56. The van der Waals surface area contributed by atoms with Gasteiger partial charge in [0.05, 0.1) is 12.6 Å². The molecule has 0 radical (unpaired) electrons. The van der Waals surface area contributed by atoms with E-state index in [1.54, 1.807) is 0 Å². The number of fused-ring (bicyclic) bond motifs is 1. The molecule has 1 aliphatic rings. The van der Waals surface area contributed by atoms with Gasteiger partial charge in [-0.25, -0.2) is 0 Å². The van der Waals surface area contributed by atoms with Crippen molar-refractivity contribution in [3.8, 4) is 5.75 Å². The second-order valence-electron chi connectivity index (χ2n) is 5.23. The zero-order valence-corrected chi connectivity index (χ0v) is 12.7. The number of nitrogens with two attached hydrogens (primary N) is 1. The highest BCUT2D eigenvalue weighted by molar-refractivity contribution is 7.80. The van der Waals surface area contributed by atoms with E-state index in [-0.39, 0.29) is 6.04 Å². The largest absolute Gasteiger partial charge is 0.493 e. The average Bonchev–Trinajstić information content (AvgIpc) is 2.49. The van der Waals surface area contributed by atoms with Gasteiger partial charge in [0, 0.05) is 23.2 Å². The normalized spacial score (nSPS) is 16.7. The molecule has 0 saturated carbocycles. The van der Waals surface area contributed by atoms with Crippen LogP contribution in [0.3, 0.4) is 0 Å². The lowest BCUT2D eigenvalue weighted by molar-refractivity contribution is 0.274. The van der Waals surface area contributed by atoms with Crippen LogP contribution in [0.5, 0.6) is 5.75 Å². The van der Waals surface area contributed by atoms with Crippen molar-refractivity contribution < 1.29 is 4.74 Å². The maximum absolute atomic E-state index is 5.85. The lowest BCUT2D eigenvalue weighted by Gasteiger charge is -2.29. The summed E-state index contributed by atoms with van der Waals surface area (Å²) in [5.41, 5.74) is 10.1. The first-order chi connectivity index (χ1) is 10.2. The number of nitrogens with one attached hydrogen (secondary N) is 1. The Morgan fingerprint density at radius 1 is 1.24 bits per heavy atom. The standard InChI is InChI=1S/C17H18N2OS/c1-11-5-4-7-13(17(18)21)16(11)19-14-9-10-20-15-8-3-2-6-12(14)15/h2-8,14,19H,9-10H2,1H3,(H2,18,21). The Labute approximate surface area is 130 Å². The highest BCUT2D eigenvalue weighted by atomic mass is 32.1. The number of hydrogen-bond acceptors (Lipinski definition) is 3. The van der Waals surface area contributed by atoms with Crippen LogP contribution >= 0.6 is 12.2 Å². The summed E-state index contributed by atoms with van der Waals surface area (Å²) in [6.07, 6.45) is 0.919. The Morgan fingerprint density at radius 3 is 2.86 bits per heavy atom. The van der Waals surface area contributed by atoms with Crippen molar-refractivity contribution >= 4 is 22.9 Å². The summed E-state index contributed by atoms with van der Waals surface area (Å²) in [6, 6.07) is 14.4. The molecular weight excluding hydrogens is 280 g/mol. The SMILES string of the molecule is Cc1cccc(C(N)=S)c1NC1CCOc2ccccc21. The minimum atomic E-state index is 0.212. The van der Waals surface area contributed by atoms with Gasteiger partial charge in [-0.2, -0.15) is 0 Å². The lowest BCUT2D eigenvalue weighted by atomic mass is 9.98. The van der Waals surface area contributed by atoms with Crippen LogP contribution in [0.4, 0.5) is 5.69 Å². The van der Waals surface area contributed by atoms with Gasteiger partial charge in [0.15, 0.2) is 0 Å². The molecule has 1 atom stereocenters. The van der Waals surface area contributed by atoms with E-state index in [2.05, 4.69) is 24.4 Å². The highest BCUT2D eigenvalue weighted by Gasteiger charge is 2.22. The molecule has 1 aliphatic heterocycles. The Hall–Kier alpha value is -2.07. The van der Waals surface area contributed by atoms with Crippen molar-refractivity contribution in [2.45, 2.75) is 19.4 Å². The molecule has 1 unspecified atom stereocenters. The number of anilines is 1. The van der Waals surface area contributed by atoms with E-state index in [4.69, 9.17) is 22.7 Å². The third kappa shape index (κ3) is 2.72. The quantitative estimate of drug-likeness (QED) is 0.851. The molecule has 0 bridgehead atoms. The third-order valence-electron chi connectivity index (χ3n) is 3.82. The van der Waals surface area contributed by atoms with E-state index in [1.807, 2.05) is 30.3 Å². The minimum Gasteiger partial charge on any atom is -0.493 e. The first-order valence-electron chi connectivity index (χ1n) is 7.04. The Kier molecular flexibility index (Phi) is 3.80. The molecule has 108 valence electrons. The van der Waals surface area contributed by atoms with E-state index >= 15 is 0 Å². The molecule has 4 heteroatoms. The molecule has 1 heterocycles. The zero-order chi connectivity index (χ0) is 14.8. The van der Waals surface area contributed by atoms with Crippen molar-refractivity contribution in [2.24, 2.45) is 5.73 Å². The molecular formula is C17H18N2OS. The van der Waals surface area contributed by atoms with E-state index in [0.29, 0.717) is 11.6 Å². The third-order valence-corrected chi connectivity index (χ3v) is 4.04. The second-order valence-corrected chi connectivity index (χ2v) is 5.67. The van der Waals surface area contributed by atoms with Crippen LogP contribution in [0.1, 0.15) is 29.2 Å². The first kappa shape index (κ1) is 13.9. The van der Waals surface area contributed by atoms with Crippen molar-refractivity contribution in [3.63, 3.8) is 0 Å². The summed E-state index contributed by atoms with van der Waals surface area (Å²) in [5.74, 6) is 0.951. The van der Waals surface area contributed by atoms with Crippen LogP contribution in [0.15, 0.2) is 42.5 Å². The van der Waals surface area contributed by atoms with Crippen LogP contribution in [0, 0.1) is 6.92 Å². The summed E-state index contributed by atoms with van der Waals surface area (Å²) in [5, 5.41) is 3.61. The van der Waals surface area contributed by atoms with Crippen LogP contribution in [-0.4, -0.2) is 11.6 Å². The fourth-order valence-corrected chi connectivity index (χ4v) is 2.90. The van der Waals surface area contributed by atoms with Gasteiger partial charge in [-0.05, 0) is 24.6 Å². The molecule has 3 nitrogen and oxygen atoms in total. The number of aryl methyl sites for hydroxylation is 1. The predicted molar refractivity (Wildman–Crippen MR) is 90.0 cm³/mol. The number of benzene rings is 2. The minimum absolute atomic E-state index is 0.212. The van der Waals surface area contributed by atoms with Gasteiger partial charge < -0.3 is 15.8 Å². The average molecular weight is 298 g/mol. The smallest absolute Gasteiger partial charge is 0.124 e. The van der Waals surface area contributed by atoms with Crippen molar-refractivity contribution in [3.05, 3.63) is 59.2 Å². The Bertz CT molecular complexity index is 684. The van der Waals surface area contributed by atoms with E-state index in [0.717, 1.165) is 29.0 Å². The van der Waals surface area contributed by atoms with E-state index in [1.165, 1.54) is 5.56 Å². The summed E-state index contributed by atoms with van der Waals surface area (Å²) >= 11 is 5.17. The molecule has 0 saturated heterocycles. The topological polar surface area (TPSA) is 47.3 Å². The highest BCUT2D eigenvalue weighted by Crippen LogP contribution is 2.35. The van der Waals surface area contributed by atoms with E-state index in [9.17, 15) is 0 Å². The molecule has 21 heavy (non-hydrogen) atoms. The molecule has 0 amide bonds. The molecule has 2 aromatic carbocycles. The van der Waals surface area contributed by atoms with Gasteiger partial charge in [0.2, 0.25) is 0 Å². The fraction of sp³-hybridized carbons (Fsp3) is 0.235. The molecule has 2 aromatic rings. The first-order valence-corrected chi connectivity index (χ1v) is 7.45. The molecule has 0 aliphatic carbocycles. The second kappa shape index (κ2) is 5.74. The van der Waals surface area contributed by atoms with Crippen molar-refractivity contribution in [1.29, 1.82) is 0 Å². The summed E-state index contributed by atoms with van der Waals surface area (Å²) in [4.78, 5) is 0.418. The maximum Gasteiger partial charge on any atom is 0.124 e. The number of para-hydroxylation sites is 2. The van der Waals surface area contributed by atoms with E-state index < -0.39 is 0 Å². The maximum atomic E-state index is 5.85. The van der Waals surface area contributed by atoms with Gasteiger partial charge in [-0.15, -0.1) is 0 Å². The van der Waals surface area contributed by atoms with Gasteiger partial charge in [-0.3, -0.25) is 0 Å². The van der Waals surface area contributed by atoms with Crippen LogP contribution in [-0.2, 0) is 0 Å². The van der Waals surface area contributed by atoms with Gasteiger partial charge in [0.1, 0.15) is 10.7 Å². The lowest BCUT2D eigenvalue weighted by Crippen LogP contribution is -2.22. The molecule has 0 aromatic heterocycles. The monoisotopic (exact) mass is 298 g/mol. The zero-order valence-electron chi connectivity index (χ0n) is 11.9. The van der Waals surface area contributed by atoms with Crippen LogP contribution < -0.4 is 15.8 Å². The van der Waals surface area contributed by atoms with Gasteiger partial charge >= 0.3 is 0 Å². The fourth-order valence-electron chi connectivity index (χ4n) is 2.73. The number of thiocarbonyl (C=S) groups is 1.